The molecule has 0 atom stereocenters. The Morgan fingerprint density at radius 1 is 1.15 bits per heavy atom. The predicted molar refractivity (Wildman–Crippen MR) is 128 cm³/mol. The number of aromatic nitrogens is 1. The van der Waals surface area contributed by atoms with Gasteiger partial charge in [0, 0.05) is 18.3 Å². The number of nitrogens with one attached hydrogen (secondary N) is 3. The molecule has 3 heterocycles. The number of thiophene rings is 1. The average Bonchev–Trinajstić information content (AvgIpc) is 3.40. The first-order chi connectivity index (χ1) is 15.7. The molecule has 33 heavy (non-hydrogen) atoms. The molecule has 0 fully saturated rings. The van der Waals surface area contributed by atoms with Gasteiger partial charge in [-0.3, -0.25) is 4.79 Å². The lowest BCUT2D eigenvalue weighted by atomic mass is 10.1. The van der Waals surface area contributed by atoms with Crippen LogP contribution in [-0.4, -0.2) is 38.1 Å². The summed E-state index contributed by atoms with van der Waals surface area (Å²) in [6.45, 7) is 0. The van der Waals surface area contributed by atoms with E-state index >= 15 is 0 Å². The summed E-state index contributed by atoms with van der Waals surface area (Å²) in [5, 5.41) is 11.0. The first-order valence-corrected chi connectivity index (χ1v) is 12.2. The Labute approximate surface area is 198 Å². The van der Waals surface area contributed by atoms with Crippen molar-refractivity contribution in [2.75, 3.05) is 22.7 Å². The largest absolute Gasteiger partial charge is 0.388 e. The van der Waals surface area contributed by atoms with Gasteiger partial charge >= 0.3 is 6.03 Å². The van der Waals surface area contributed by atoms with Gasteiger partial charge in [0.15, 0.2) is 5.82 Å². The van der Waals surface area contributed by atoms with Crippen LogP contribution >= 0.6 is 22.9 Å². The van der Waals surface area contributed by atoms with Crippen molar-refractivity contribution >= 4 is 67.8 Å². The van der Waals surface area contributed by atoms with E-state index in [4.69, 9.17) is 11.6 Å². The number of amides is 3. The van der Waals surface area contributed by atoms with Crippen LogP contribution in [-0.2, 0) is 14.8 Å². The van der Waals surface area contributed by atoms with Gasteiger partial charge in [-0.2, -0.15) is 10.1 Å². The van der Waals surface area contributed by atoms with Crippen LogP contribution in [0.5, 0.6) is 0 Å². The first kappa shape index (κ1) is 22.7. The van der Waals surface area contributed by atoms with E-state index in [0.717, 1.165) is 22.6 Å². The molecule has 1 aliphatic rings. The fraction of sp³-hybridized carbons (Fsp3) is 0.100. The topological polar surface area (TPSA) is 133 Å². The van der Waals surface area contributed by atoms with E-state index < -0.39 is 16.1 Å². The van der Waals surface area contributed by atoms with Crippen molar-refractivity contribution in [2.24, 2.45) is 5.10 Å². The van der Waals surface area contributed by atoms with Crippen LogP contribution in [0.1, 0.15) is 12.0 Å². The Hall–Kier alpha value is -3.48. The van der Waals surface area contributed by atoms with Gasteiger partial charge in [0.05, 0.1) is 28.4 Å². The Morgan fingerprint density at radius 2 is 1.97 bits per heavy atom. The van der Waals surface area contributed by atoms with Crippen molar-refractivity contribution in [2.45, 2.75) is 10.6 Å². The molecule has 0 spiro atoms. The van der Waals surface area contributed by atoms with E-state index in [0.29, 0.717) is 5.71 Å². The molecule has 3 N–H and O–H groups in total. The van der Waals surface area contributed by atoms with Crippen molar-refractivity contribution in [1.29, 1.82) is 0 Å². The van der Waals surface area contributed by atoms with E-state index in [2.05, 4.69) is 20.7 Å². The van der Waals surface area contributed by atoms with Crippen molar-refractivity contribution in [3.05, 3.63) is 64.6 Å². The molecule has 3 amide bonds. The van der Waals surface area contributed by atoms with Gasteiger partial charge < -0.3 is 10.6 Å². The lowest BCUT2D eigenvalue weighted by molar-refractivity contribution is -0.116. The molecule has 0 radical (unpaired) electrons. The van der Waals surface area contributed by atoms with E-state index in [9.17, 15) is 18.0 Å². The van der Waals surface area contributed by atoms with Crippen molar-refractivity contribution in [1.82, 2.24) is 9.71 Å². The minimum Gasteiger partial charge on any atom is -0.388 e. The molecule has 0 unspecified atom stereocenters. The predicted octanol–water partition coefficient (Wildman–Crippen LogP) is 3.49. The van der Waals surface area contributed by atoms with Crippen molar-refractivity contribution < 1.29 is 18.0 Å². The monoisotopic (exact) mass is 504 g/mol. The van der Waals surface area contributed by atoms with Gasteiger partial charge in [-0.15, -0.1) is 11.3 Å². The van der Waals surface area contributed by atoms with E-state index in [1.54, 1.807) is 7.05 Å². The zero-order valence-electron chi connectivity index (χ0n) is 17.1. The van der Waals surface area contributed by atoms with Crippen LogP contribution in [0.25, 0.3) is 0 Å². The number of carbonyl (C=O) groups is 2. The maximum absolute atomic E-state index is 12.5. The fourth-order valence-corrected chi connectivity index (χ4v) is 5.37. The number of benzene rings is 1. The smallest absolute Gasteiger partial charge is 0.333 e. The number of carbonyl (C=O) groups excluding carboxylic acids is 2. The number of anilines is 3. The summed E-state index contributed by atoms with van der Waals surface area (Å²) in [6, 6.07) is 12.3. The highest BCUT2D eigenvalue weighted by Crippen LogP contribution is 2.26. The highest BCUT2D eigenvalue weighted by molar-refractivity contribution is 7.92. The third-order valence-corrected chi connectivity index (χ3v) is 7.58. The SMILES string of the molecule is CNc1cccc(C2=NN(c3ccc(NC(=O)NS(=O)(=O)c4ccc(Cl)s4)cn3)C(=O)C2)c1. The highest BCUT2D eigenvalue weighted by atomic mass is 35.5. The van der Waals surface area contributed by atoms with Crippen LogP contribution in [0, 0.1) is 0 Å². The molecule has 0 aliphatic carbocycles. The van der Waals surface area contributed by atoms with E-state index in [1.165, 1.54) is 35.5 Å². The average molecular weight is 505 g/mol. The number of pyridine rings is 1. The van der Waals surface area contributed by atoms with E-state index in [-0.39, 0.29) is 32.4 Å². The maximum Gasteiger partial charge on any atom is 0.333 e. The van der Waals surface area contributed by atoms with Gasteiger partial charge in [0.1, 0.15) is 4.21 Å². The molecule has 0 bridgehead atoms. The number of nitrogens with zero attached hydrogens (tertiary/aromatic N) is 3. The van der Waals surface area contributed by atoms with Gasteiger partial charge in [0.25, 0.3) is 15.9 Å². The van der Waals surface area contributed by atoms with Gasteiger partial charge in [-0.25, -0.2) is 22.9 Å². The molecular weight excluding hydrogens is 488 g/mol. The summed E-state index contributed by atoms with van der Waals surface area (Å²) >= 11 is 6.58. The molecule has 3 aromatic rings. The normalized spacial score (nSPS) is 13.6. The van der Waals surface area contributed by atoms with Crippen LogP contribution in [0.3, 0.4) is 0 Å². The first-order valence-electron chi connectivity index (χ1n) is 9.49. The summed E-state index contributed by atoms with van der Waals surface area (Å²) in [4.78, 5) is 28.7. The number of urea groups is 1. The van der Waals surface area contributed by atoms with Gasteiger partial charge in [0.2, 0.25) is 0 Å². The fourth-order valence-electron chi connectivity index (χ4n) is 2.98. The second kappa shape index (κ2) is 9.17. The summed E-state index contributed by atoms with van der Waals surface area (Å²) < 4.78 is 26.5. The Bertz CT molecular complexity index is 1350. The third kappa shape index (κ3) is 5.13. The van der Waals surface area contributed by atoms with Gasteiger partial charge in [-0.05, 0) is 36.4 Å². The molecule has 1 aromatic carbocycles. The maximum atomic E-state index is 12.5. The molecule has 2 aromatic heterocycles. The second-order valence-electron chi connectivity index (χ2n) is 6.78. The zero-order valence-corrected chi connectivity index (χ0v) is 19.5. The molecule has 10 nitrogen and oxygen atoms in total. The standard InChI is InChI=1S/C20H17ClN6O4S2/c1-22-13-4-2-3-12(9-13)15-10-18(28)27(25-15)17-7-5-14(11-23-17)24-20(29)26-33(30,31)19-8-6-16(21)32-19/h2-9,11,22H,10H2,1H3,(H2,24,26,29). The highest BCUT2D eigenvalue weighted by Gasteiger charge is 2.27. The second-order valence-corrected chi connectivity index (χ2v) is 10.4. The summed E-state index contributed by atoms with van der Waals surface area (Å²) in [7, 11) is -2.24. The lowest BCUT2D eigenvalue weighted by Gasteiger charge is -2.11. The van der Waals surface area contributed by atoms with E-state index in [1.807, 2.05) is 29.0 Å². The Balaban J connectivity index is 1.44. The molecule has 1 aliphatic heterocycles. The van der Waals surface area contributed by atoms with Gasteiger partial charge in [-0.1, -0.05) is 23.7 Å². The lowest BCUT2D eigenvalue weighted by Crippen LogP contribution is -2.34. The Kier molecular flexibility index (Phi) is 6.31. The van der Waals surface area contributed by atoms with Crippen LogP contribution in [0.4, 0.5) is 22.0 Å². The molecule has 13 heteroatoms. The number of sulfonamides is 1. The van der Waals surface area contributed by atoms with Crippen LogP contribution in [0.2, 0.25) is 4.34 Å². The molecule has 0 saturated heterocycles. The minimum atomic E-state index is -4.05. The number of rotatable bonds is 6. The van der Waals surface area contributed by atoms with Crippen LogP contribution in [0.15, 0.2) is 64.0 Å². The summed E-state index contributed by atoms with van der Waals surface area (Å²) in [5.74, 6) is 0.0260. The van der Waals surface area contributed by atoms with Crippen LogP contribution < -0.4 is 20.4 Å². The molecule has 170 valence electrons. The molecular formula is C20H17ClN6O4S2. The number of hydrogen-bond acceptors (Lipinski definition) is 8. The zero-order chi connectivity index (χ0) is 23.6. The van der Waals surface area contributed by atoms with Crippen molar-refractivity contribution in [3.63, 3.8) is 0 Å². The third-order valence-electron chi connectivity index (χ3n) is 4.52. The summed E-state index contributed by atoms with van der Waals surface area (Å²) in [6.07, 6.45) is 1.42. The number of hydrogen-bond donors (Lipinski definition) is 3. The quantitative estimate of drug-likeness (QED) is 0.470. The Morgan fingerprint density at radius 3 is 2.64 bits per heavy atom. The molecule has 0 saturated carbocycles. The number of halogens is 1. The molecule has 4 rings (SSSR count). The van der Waals surface area contributed by atoms with Crippen molar-refractivity contribution in [3.8, 4) is 0 Å². The number of hydrazone groups is 1. The minimum absolute atomic E-state index is 0.0856. The summed E-state index contributed by atoms with van der Waals surface area (Å²) in [5.41, 5.74) is 2.56.